The molecule has 0 aliphatic carbocycles. The number of hydrogen-bond donors (Lipinski definition) is 1. The molecule has 2 aromatic rings. The van der Waals surface area contributed by atoms with Crippen molar-refractivity contribution in [3.05, 3.63) is 52.5 Å². The van der Waals surface area contributed by atoms with Gasteiger partial charge in [-0.1, -0.05) is 30.3 Å². The summed E-state index contributed by atoms with van der Waals surface area (Å²) in [5.41, 5.74) is 0.257. The summed E-state index contributed by atoms with van der Waals surface area (Å²) < 4.78 is 0. The van der Waals surface area contributed by atoms with Crippen LogP contribution in [0.25, 0.3) is 0 Å². The lowest BCUT2D eigenvalue weighted by Gasteiger charge is -2.20. The lowest BCUT2D eigenvalue weighted by atomic mass is 9.97. The van der Waals surface area contributed by atoms with Crippen molar-refractivity contribution in [1.82, 2.24) is 4.98 Å². The number of benzene rings is 1. The van der Waals surface area contributed by atoms with Crippen LogP contribution in [0.3, 0.4) is 0 Å². The molecule has 1 N–H and O–H groups in total. The minimum Gasteiger partial charge on any atom is -0.383 e. The topological polar surface area (TPSA) is 33.1 Å². The standard InChI is InChI=1S/C12H13NOS/c1-12(14,11-13-7-8-15-11)9-10-5-3-2-4-6-10/h2-8,14H,9H2,1H3. The molecule has 78 valence electrons. The second-order valence-electron chi connectivity index (χ2n) is 3.77. The number of rotatable bonds is 3. The molecule has 1 aromatic heterocycles. The molecule has 0 aliphatic rings. The fraction of sp³-hybridized carbons (Fsp3) is 0.250. The summed E-state index contributed by atoms with van der Waals surface area (Å²) in [5, 5.41) is 12.9. The van der Waals surface area contributed by atoms with Crippen LogP contribution in [0.1, 0.15) is 17.5 Å². The van der Waals surface area contributed by atoms with Gasteiger partial charge >= 0.3 is 0 Å². The molecule has 0 amide bonds. The van der Waals surface area contributed by atoms with Gasteiger partial charge in [0.25, 0.3) is 0 Å². The first-order valence-electron chi connectivity index (χ1n) is 4.85. The average Bonchev–Trinajstić information content (AvgIpc) is 2.71. The van der Waals surface area contributed by atoms with Gasteiger partial charge in [0.2, 0.25) is 0 Å². The second kappa shape index (κ2) is 4.13. The molecule has 2 nitrogen and oxygen atoms in total. The molecular formula is C12H13NOS. The second-order valence-corrected chi connectivity index (χ2v) is 4.67. The maximum Gasteiger partial charge on any atom is 0.124 e. The first-order valence-corrected chi connectivity index (χ1v) is 5.73. The molecule has 0 spiro atoms. The maximum absolute atomic E-state index is 10.3. The fourth-order valence-corrected chi connectivity index (χ4v) is 2.26. The normalized spacial score (nSPS) is 14.8. The third-order valence-electron chi connectivity index (χ3n) is 2.28. The zero-order valence-corrected chi connectivity index (χ0v) is 9.37. The maximum atomic E-state index is 10.3. The van der Waals surface area contributed by atoms with E-state index in [0.29, 0.717) is 6.42 Å². The monoisotopic (exact) mass is 219 g/mol. The van der Waals surface area contributed by atoms with Gasteiger partial charge in [-0.2, -0.15) is 0 Å². The van der Waals surface area contributed by atoms with Gasteiger partial charge < -0.3 is 5.11 Å². The van der Waals surface area contributed by atoms with Crippen LogP contribution in [-0.4, -0.2) is 10.1 Å². The third kappa shape index (κ3) is 2.43. The van der Waals surface area contributed by atoms with E-state index in [1.54, 1.807) is 13.1 Å². The van der Waals surface area contributed by atoms with Gasteiger partial charge in [0.1, 0.15) is 10.6 Å². The molecule has 3 heteroatoms. The summed E-state index contributed by atoms with van der Waals surface area (Å²) in [6, 6.07) is 9.96. The number of nitrogens with zero attached hydrogens (tertiary/aromatic N) is 1. The van der Waals surface area contributed by atoms with Crippen LogP contribution < -0.4 is 0 Å². The van der Waals surface area contributed by atoms with Crippen LogP contribution >= 0.6 is 11.3 Å². The molecule has 0 aliphatic heterocycles. The van der Waals surface area contributed by atoms with Gasteiger partial charge in [-0.3, -0.25) is 0 Å². The first kappa shape index (κ1) is 10.3. The molecule has 0 saturated heterocycles. The van der Waals surface area contributed by atoms with Crippen molar-refractivity contribution in [1.29, 1.82) is 0 Å². The highest BCUT2D eigenvalue weighted by Gasteiger charge is 2.25. The minimum atomic E-state index is -0.866. The van der Waals surface area contributed by atoms with Crippen molar-refractivity contribution in [3.63, 3.8) is 0 Å². The molecule has 1 atom stereocenters. The van der Waals surface area contributed by atoms with Crippen molar-refractivity contribution in [2.45, 2.75) is 18.9 Å². The highest BCUT2D eigenvalue weighted by molar-refractivity contribution is 7.09. The van der Waals surface area contributed by atoms with E-state index < -0.39 is 5.60 Å². The Morgan fingerprint density at radius 2 is 2.07 bits per heavy atom. The third-order valence-corrected chi connectivity index (χ3v) is 3.31. The smallest absolute Gasteiger partial charge is 0.124 e. The van der Waals surface area contributed by atoms with E-state index in [0.717, 1.165) is 10.6 Å². The van der Waals surface area contributed by atoms with Crippen LogP contribution in [-0.2, 0) is 12.0 Å². The largest absolute Gasteiger partial charge is 0.383 e. The molecule has 0 fully saturated rings. The van der Waals surface area contributed by atoms with Crippen molar-refractivity contribution in [2.24, 2.45) is 0 Å². The Hall–Kier alpha value is -1.19. The Morgan fingerprint density at radius 3 is 2.67 bits per heavy atom. The first-order chi connectivity index (χ1) is 7.18. The predicted octanol–water partition coefficient (Wildman–Crippen LogP) is 2.59. The zero-order chi connectivity index (χ0) is 10.7. The van der Waals surface area contributed by atoms with Gasteiger partial charge in [-0.15, -0.1) is 11.3 Å². The van der Waals surface area contributed by atoms with E-state index in [1.165, 1.54) is 11.3 Å². The number of hydrogen-bond acceptors (Lipinski definition) is 3. The highest BCUT2D eigenvalue weighted by atomic mass is 32.1. The summed E-state index contributed by atoms with van der Waals surface area (Å²) in [5.74, 6) is 0. The van der Waals surface area contributed by atoms with Gasteiger partial charge in [0, 0.05) is 18.0 Å². The number of aliphatic hydroxyl groups is 1. The molecule has 1 aromatic carbocycles. The SMILES string of the molecule is CC(O)(Cc1ccccc1)c1nccs1. The fourth-order valence-electron chi connectivity index (χ4n) is 1.56. The number of aromatic nitrogens is 1. The van der Waals surface area contributed by atoms with Crippen molar-refractivity contribution in [2.75, 3.05) is 0 Å². The van der Waals surface area contributed by atoms with Crippen LogP contribution in [0.15, 0.2) is 41.9 Å². The average molecular weight is 219 g/mol. The number of thiazole rings is 1. The van der Waals surface area contributed by atoms with Crippen LogP contribution in [0.4, 0.5) is 0 Å². The summed E-state index contributed by atoms with van der Waals surface area (Å²) in [7, 11) is 0. The molecule has 15 heavy (non-hydrogen) atoms. The van der Waals surface area contributed by atoms with Gasteiger partial charge in [-0.25, -0.2) is 4.98 Å². The van der Waals surface area contributed by atoms with E-state index >= 15 is 0 Å². The van der Waals surface area contributed by atoms with Crippen molar-refractivity contribution >= 4 is 11.3 Å². The summed E-state index contributed by atoms with van der Waals surface area (Å²) in [4.78, 5) is 4.15. The molecule has 2 rings (SSSR count). The summed E-state index contributed by atoms with van der Waals surface area (Å²) in [6.07, 6.45) is 2.32. The Balaban J connectivity index is 2.18. The lowest BCUT2D eigenvalue weighted by molar-refractivity contribution is 0.0573. The van der Waals surface area contributed by atoms with E-state index in [1.807, 2.05) is 35.7 Å². The van der Waals surface area contributed by atoms with E-state index in [4.69, 9.17) is 0 Å². The van der Waals surface area contributed by atoms with Crippen LogP contribution in [0.2, 0.25) is 0 Å². The van der Waals surface area contributed by atoms with E-state index in [-0.39, 0.29) is 0 Å². The Kier molecular flexibility index (Phi) is 2.84. The van der Waals surface area contributed by atoms with Gasteiger partial charge in [-0.05, 0) is 12.5 Å². The summed E-state index contributed by atoms with van der Waals surface area (Å²) >= 11 is 1.49. The molecular weight excluding hydrogens is 206 g/mol. The Labute approximate surface area is 93.2 Å². The molecule has 0 bridgehead atoms. The zero-order valence-electron chi connectivity index (χ0n) is 8.55. The molecule has 1 heterocycles. The van der Waals surface area contributed by atoms with E-state index in [9.17, 15) is 5.11 Å². The lowest BCUT2D eigenvalue weighted by Crippen LogP contribution is -2.23. The van der Waals surface area contributed by atoms with Crippen molar-refractivity contribution < 1.29 is 5.11 Å². The van der Waals surface area contributed by atoms with Gasteiger partial charge in [0.15, 0.2) is 0 Å². The molecule has 0 saturated carbocycles. The molecule has 1 unspecified atom stereocenters. The van der Waals surface area contributed by atoms with Crippen LogP contribution in [0, 0.1) is 0 Å². The van der Waals surface area contributed by atoms with Gasteiger partial charge in [0.05, 0.1) is 0 Å². The quantitative estimate of drug-likeness (QED) is 0.860. The molecule has 0 radical (unpaired) electrons. The van der Waals surface area contributed by atoms with E-state index in [2.05, 4.69) is 4.98 Å². The Morgan fingerprint density at radius 1 is 1.33 bits per heavy atom. The minimum absolute atomic E-state index is 0.599. The van der Waals surface area contributed by atoms with Crippen molar-refractivity contribution in [3.8, 4) is 0 Å². The Bertz CT molecular complexity index is 408. The van der Waals surface area contributed by atoms with Crippen LogP contribution in [0.5, 0.6) is 0 Å². The predicted molar refractivity (Wildman–Crippen MR) is 61.8 cm³/mol. The summed E-state index contributed by atoms with van der Waals surface area (Å²) in [6.45, 7) is 1.80. The highest BCUT2D eigenvalue weighted by Crippen LogP contribution is 2.26.